The van der Waals surface area contributed by atoms with Crippen molar-refractivity contribution in [3.63, 3.8) is 0 Å². The Balaban J connectivity index is 1.91. The van der Waals surface area contributed by atoms with Crippen molar-refractivity contribution in [3.05, 3.63) is 78.5 Å². The van der Waals surface area contributed by atoms with Gasteiger partial charge in [-0.3, -0.25) is 0 Å². The van der Waals surface area contributed by atoms with E-state index in [2.05, 4.69) is 38.1 Å². The van der Waals surface area contributed by atoms with Gasteiger partial charge in [0.1, 0.15) is 5.69 Å². The van der Waals surface area contributed by atoms with Crippen molar-refractivity contribution in [1.29, 1.82) is 0 Å². The van der Waals surface area contributed by atoms with Gasteiger partial charge in [-0.1, -0.05) is 56.3 Å². The zero-order chi connectivity index (χ0) is 19.9. The Morgan fingerprint density at radius 2 is 1.50 bits per heavy atom. The molecule has 2 aromatic heterocycles. The van der Waals surface area contributed by atoms with Crippen LogP contribution in [0, 0.1) is 0 Å². The topological polar surface area (TPSA) is 51.4 Å². The van der Waals surface area contributed by atoms with Crippen LogP contribution in [0.4, 0.5) is 0 Å². The number of benzene rings is 2. The van der Waals surface area contributed by atoms with E-state index in [4.69, 9.17) is 5.10 Å². The smallest absolute Gasteiger partial charge is 0.175 e. The van der Waals surface area contributed by atoms with E-state index < -0.39 is 9.84 Å². The van der Waals surface area contributed by atoms with Crippen LogP contribution in [0.25, 0.3) is 27.9 Å². The molecule has 0 aliphatic rings. The minimum absolute atomic E-state index is 0.315. The Labute approximate surface area is 165 Å². The highest BCUT2D eigenvalue weighted by Crippen LogP contribution is 2.36. The van der Waals surface area contributed by atoms with Gasteiger partial charge in [0.05, 0.1) is 10.4 Å². The highest BCUT2D eigenvalue weighted by atomic mass is 32.2. The second-order valence-electron chi connectivity index (χ2n) is 7.33. The van der Waals surface area contributed by atoms with Crippen LogP contribution in [0.1, 0.15) is 25.3 Å². The minimum atomic E-state index is -3.23. The van der Waals surface area contributed by atoms with Crippen molar-refractivity contribution in [1.82, 2.24) is 9.61 Å². The fraction of sp³-hybridized carbons (Fsp3) is 0.174. The number of sulfone groups is 1. The highest BCUT2D eigenvalue weighted by Gasteiger charge is 2.17. The van der Waals surface area contributed by atoms with Gasteiger partial charge in [0.25, 0.3) is 0 Å². The summed E-state index contributed by atoms with van der Waals surface area (Å²) in [5.74, 6) is 0.470. The number of rotatable bonds is 4. The molecule has 0 saturated carbocycles. The van der Waals surface area contributed by atoms with Crippen molar-refractivity contribution in [2.24, 2.45) is 0 Å². The van der Waals surface area contributed by atoms with Gasteiger partial charge in [-0.2, -0.15) is 5.10 Å². The highest BCUT2D eigenvalue weighted by molar-refractivity contribution is 7.90. The third-order valence-corrected chi connectivity index (χ3v) is 6.09. The summed E-state index contributed by atoms with van der Waals surface area (Å²) >= 11 is 0. The molecule has 0 spiro atoms. The van der Waals surface area contributed by atoms with E-state index in [9.17, 15) is 8.42 Å². The lowest BCUT2D eigenvalue weighted by Gasteiger charge is -2.08. The molecular weight excluding hydrogens is 368 g/mol. The lowest BCUT2D eigenvalue weighted by atomic mass is 9.97. The first-order chi connectivity index (χ1) is 13.3. The van der Waals surface area contributed by atoms with Gasteiger partial charge in [-0.05, 0) is 41.3 Å². The number of nitrogens with zero attached hydrogens (tertiary/aromatic N) is 2. The molecule has 142 valence electrons. The van der Waals surface area contributed by atoms with E-state index in [-0.39, 0.29) is 0 Å². The maximum atomic E-state index is 11.8. The number of hydrogen-bond acceptors (Lipinski definition) is 3. The standard InChI is InChI=1S/C23H22N2O2S/c1-16(2)17-7-9-19(10-8-17)23-22(21-6-4-5-15-25(21)24-23)18-11-13-20(14-12-18)28(3,26)27/h4-16H,1-3H3. The molecule has 0 aliphatic carbocycles. The van der Waals surface area contributed by atoms with E-state index >= 15 is 0 Å². The van der Waals surface area contributed by atoms with Crippen LogP contribution in [0.2, 0.25) is 0 Å². The predicted octanol–water partition coefficient (Wildman–Crippen LogP) is 5.20. The summed E-state index contributed by atoms with van der Waals surface area (Å²) in [4.78, 5) is 0.315. The lowest BCUT2D eigenvalue weighted by molar-refractivity contribution is 0.602. The van der Waals surface area contributed by atoms with Crippen LogP contribution < -0.4 is 0 Å². The molecule has 0 unspecified atom stereocenters. The molecule has 2 heterocycles. The third-order valence-electron chi connectivity index (χ3n) is 4.96. The van der Waals surface area contributed by atoms with Gasteiger partial charge in [-0.25, -0.2) is 12.9 Å². The van der Waals surface area contributed by atoms with Crippen LogP contribution in [0.3, 0.4) is 0 Å². The molecule has 0 fully saturated rings. The van der Waals surface area contributed by atoms with Crippen molar-refractivity contribution in [2.45, 2.75) is 24.7 Å². The zero-order valence-corrected chi connectivity index (χ0v) is 16.9. The Bertz CT molecular complexity index is 1240. The summed E-state index contributed by atoms with van der Waals surface area (Å²) in [6, 6.07) is 21.5. The van der Waals surface area contributed by atoms with E-state index in [0.29, 0.717) is 10.8 Å². The Hall–Kier alpha value is -2.92. The third kappa shape index (κ3) is 3.34. The van der Waals surface area contributed by atoms with Gasteiger partial charge >= 0.3 is 0 Å². The summed E-state index contributed by atoms with van der Waals surface area (Å²) in [6.07, 6.45) is 3.15. The number of hydrogen-bond donors (Lipinski definition) is 0. The first-order valence-corrected chi connectivity index (χ1v) is 11.1. The maximum absolute atomic E-state index is 11.8. The van der Waals surface area contributed by atoms with Crippen LogP contribution >= 0.6 is 0 Å². The molecule has 0 bridgehead atoms. The summed E-state index contributed by atoms with van der Waals surface area (Å²) in [5.41, 5.74) is 6.13. The average molecular weight is 391 g/mol. The number of fused-ring (bicyclic) bond motifs is 1. The molecule has 0 saturated heterocycles. The van der Waals surface area contributed by atoms with Gasteiger partial charge in [0.2, 0.25) is 0 Å². The fourth-order valence-corrected chi connectivity index (χ4v) is 4.01. The van der Waals surface area contributed by atoms with E-state index in [1.54, 1.807) is 12.1 Å². The molecule has 4 rings (SSSR count). The van der Waals surface area contributed by atoms with Crippen LogP contribution in [-0.2, 0) is 9.84 Å². The molecule has 28 heavy (non-hydrogen) atoms. The van der Waals surface area contributed by atoms with Gasteiger partial charge in [-0.15, -0.1) is 0 Å². The van der Waals surface area contributed by atoms with E-state index in [1.165, 1.54) is 11.8 Å². The Kier molecular flexibility index (Phi) is 4.55. The maximum Gasteiger partial charge on any atom is 0.175 e. The summed E-state index contributed by atoms with van der Waals surface area (Å²) in [5, 5.41) is 4.80. The quantitative estimate of drug-likeness (QED) is 0.481. The molecule has 0 aliphatic heterocycles. The lowest BCUT2D eigenvalue weighted by Crippen LogP contribution is -1.96. The SMILES string of the molecule is CC(C)c1ccc(-c2nn3ccccc3c2-c2ccc(S(C)(=O)=O)cc2)cc1. The molecule has 0 amide bonds. The van der Waals surface area contributed by atoms with E-state index in [1.807, 2.05) is 41.0 Å². The first kappa shape index (κ1) is 18.4. The Morgan fingerprint density at radius 3 is 2.11 bits per heavy atom. The second kappa shape index (κ2) is 6.91. The van der Waals surface area contributed by atoms with Gasteiger partial charge in [0.15, 0.2) is 9.84 Å². The van der Waals surface area contributed by atoms with Crippen LogP contribution in [-0.4, -0.2) is 24.3 Å². The van der Waals surface area contributed by atoms with Crippen molar-refractivity contribution >= 4 is 15.4 Å². The number of aromatic nitrogens is 2. The van der Waals surface area contributed by atoms with Gasteiger partial charge in [0, 0.05) is 23.6 Å². The van der Waals surface area contributed by atoms with Crippen molar-refractivity contribution in [2.75, 3.05) is 6.26 Å². The zero-order valence-electron chi connectivity index (χ0n) is 16.1. The molecule has 0 radical (unpaired) electrons. The molecule has 4 aromatic rings. The molecular formula is C23H22N2O2S. The number of pyridine rings is 1. The monoisotopic (exact) mass is 390 g/mol. The molecule has 0 atom stereocenters. The normalized spacial score (nSPS) is 12.0. The van der Waals surface area contributed by atoms with Gasteiger partial charge < -0.3 is 0 Å². The largest absolute Gasteiger partial charge is 0.240 e. The summed E-state index contributed by atoms with van der Waals surface area (Å²) in [6.45, 7) is 4.35. The summed E-state index contributed by atoms with van der Waals surface area (Å²) < 4.78 is 25.5. The predicted molar refractivity (Wildman–Crippen MR) is 113 cm³/mol. The minimum Gasteiger partial charge on any atom is -0.240 e. The molecule has 2 aromatic carbocycles. The van der Waals surface area contributed by atoms with Crippen LogP contribution in [0.5, 0.6) is 0 Å². The molecule has 0 N–H and O–H groups in total. The second-order valence-corrected chi connectivity index (χ2v) is 9.34. The summed E-state index contributed by atoms with van der Waals surface area (Å²) in [7, 11) is -3.23. The van der Waals surface area contributed by atoms with E-state index in [0.717, 1.165) is 27.9 Å². The van der Waals surface area contributed by atoms with Crippen molar-refractivity contribution < 1.29 is 8.42 Å². The van der Waals surface area contributed by atoms with Crippen molar-refractivity contribution in [3.8, 4) is 22.4 Å². The Morgan fingerprint density at radius 1 is 0.857 bits per heavy atom. The molecule has 5 heteroatoms. The van der Waals surface area contributed by atoms with Crippen LogP contribution in [0.15, 0.2) is 77.8 Å². The fourth-order valence-electron chi connectivity index (χ4n) is 3.38. The average Bonchev–Trinajstić information content (AvgIpc) is 3.07. The first-order valence-electron chi connectivity index (χ1n) is 9.23. The molecule has 4 nitrogen and oxygen atoms in total.